The lowest BCUT2D eigenvalue weighted by Crippen LogP contribution is -2.48. The van der Waals surface area contributed by atoms with Crippen LogP contribution in [0, 0.1) is 5.92 Å². The molecule has 1 aliphatic rings. The van der Waals surface area contributed by atoms with Gasteiger partial charge >= 0.3 is 0 Å². The van der Waals surface area contributed by atoms with Crippen LogP contribution in [0.3, 0.4) is 0 Å². The average molecular weight is 172 g/mol. The quantitative estimate of drug-likeness (QED) is 0.565. The molecule has 1 fully saturated rings. The van der Waals surface area contributed by atoms with E-state index in [0.29, 0.717) is 6.54 Å². The highest BCUT2D eigenvalue weighted by atomic mass is 16.3. The zero-order valence-corrected chi connectivity index (χ0v) is 7.79. The van der Waals surface area contributed by atoms with Crippen LogP contribution in [0.1, 0.15) is 26.2 Å². The summed E-state index contributed by atoms with van der Waals surface area (Å²) in [7, 11) is 0. The second-order valence-corrected chi connectivity index (χ2v) is 3.66. The van der Waals surface area contributed by atoms with Gasteiger partial charge < -0.3 is 16.2 Å². The van der Waals surface area contributed by atoms with Gasteiger partial charge in [-0.05, 0) is 25.3 Å². The molecule has 72 valence electrons. The Morgan fingerprint density at radius 2 is 2.42 bits per heavy atom. The third-order valence-electron chi connectivity index (χ3n) is 2.83. The third kappa shape index (κ3) is 2.44. The van der Waals surface area contributed by atoms with E-state index in [2.05, 4.69) is 12.2 Å². The Bertz CT molecular complexity index is 128. The molecule has 0 spiro atoms. The Labute approximate surface area is 74.3 Å². The fourth-order valence-electron chi connectivity index (χ4n) is 1.86. The Balaban J connectivity index is 2.34. The van der Waals surface area contributed by atoms with Gasteiger partial charge in [0.1, 0.15) is 0 Å². The van der Waals surface area contributed by atoms with Gasteiger partial charge in [0.2, 0.25) is 0 Å². The number of aliphatic hydroxyl groups is 1. The Morgan fingerprint density at radius 3 is 3.00 bits per heavy atom. The van der Waals surface area contributed by atoms with E-state index in [4.69, 9.17) is 5.73 Å². The lowest BCUT2D eigenvalue weighted by Gasteiger charge is -2.32. The summed E-state index contributed by atoms with van der Waals surface area (Å²) in [6.45, 7) is 3.61. The second-order valence-electron chi connectivity index (χ2n) is 3.66. The molecular weight excluding hydrogens is 152 g/mol. The number of aliphatic hydroxyl groups excluding tert-OH is 1. The number of nitrogens with two attached hydrogens (primary N) is 1. The summed E-state index contributed by atoms with van der Waals surface area (Å²) < 4.78 is 0. The molecule has 1 aliphatic heterocycles. The van der Waals surface area contributed by atoms with Gasteiger partial charge in [0.05, 0.1) is 6.10 Å². The van der Waals surface area contributed by atoms with E-state index < -0.39 is 0 Å². The van der Waals surface area contributed by atoms with Gasteiger partial charge in [0.25, 0.3) is 0 Å². The van der Waals surface area contributed by atoms with E-state index in [0.717, 1.165) is 18.9 Å². The molecule has 0 amide bonds. The van der Waals surface area contributed by atoms with Crippen molar-refractivity contribution in [1.82, 2.24) is 5.32 Å². The van der Waals surface area contributed by atoms with Crippen molar-refractivity contribution in [3.05, 3.63) is 0 Å². The second kappa shape index (κ2) is 4.80. The first-order valence-electron chi connectivity index (χ1n) is 4.89. The molecule has 3 heteroatoms. The molecule has 3 nitrogen and oxygen atoms in total. The maximum Gasteiger partial charge on any atom is 0.0815 e. The molecule has 0 aromatic heterocycles. The van der Waals surface area contributed by atoms with Gasteiger partial charge in [-0.25, -0.2) is 0 Å². The van der Waals surface area contributed by atoms with Crippen molar-refractivity contribution in [2.24, 2.45) is 11.7 Å². The highest BCUT2D eigenvalue weighted by molar-refractivity contribution is 4.83. The average Bonchev–Trinajstić information content (AvgIpc) is 2.17. The fraction of sp³-hybridized carbons (Fsp3) is 1.00. The Hall–Kier alpha value is -0.120. The van der Waals surface area contributed by atoms with E-state index in [1.807, 2.05) is 0 Å². The molecule has 0 aromatic rings. The summed E-state index contributed by atoms with van der Waals surface area (Å²) in [5, 5.41) is 12.8. The van der Waals surface area contributed by atoms with E-state index in [-0.39, 0.29) is 12.1 Å². The molecule has 12 heavy (non-hydrogen) atoms. The van der Waals surface area contributed by atoms with Crippen LogP contribution in [0.25, 0.3) is 0 Å². The van der Waals surface area contributed by atoms with Crippen molar-refractivity contribution in [3.8, 4) is 0 Å². The van der Waals surface area contributed by atoms with Crippen molar-refractivity contribution < 1.29 is 5.11 Å². The van der Waals surface area contributed by atoms with Gasteiger partial charge in [-0.15, -0.1) is 0 Å². The Morgan fingerprint density at radius 1 is 1.67 bits per heavy atom. The van der Waals surface area contributed by atoms with Crippen LogP contribution >= 0.6 is 0 Å². The van der Waals surface area contributed by atoms with Gasteiger partial charge in [-0.2, -0.15) is 0 Å². The maximum atomic E-state index is 9.51. The predicted molar refractivity (Wildman–Crippen MR) is 49.9 cm³/mol. The summed E-state index contributed by atoms with van der Waals surface area (Å²) in [6.07, 6.45) is 3.17. The van der Waals surface area contributed by atoms with Crippen molar-refractivity contribution >= 4 is 0 Å². The highest BCUT2D eigenvalue weighted by Crippen LogP contribution is 2.20. The molecule has 0 aromatic carbocycles. The molecule has 1 heterocycles. The number of hydrogen-bond acceptors (Lipinski definition) is 3. The SMILES string of the molecule is CCC1CCNC(C(O)CN)C1. The minimum atomic E-state index is -0.362. The van der Waals surface area contributed by atoms with Gasteiger partial charge in [-0.3, -0.25) is 0 Å². The topological polar surface area (TPSA) is 58.3 Å². The molecule has 4 N–H and O–H groups in total. The number of hydrogen-bond donors (Lipinski definition) is 3. The summed E-state index contributed by atoms with van der Waals surface area (Å²) in [6, 6.07) is 0.230. The molecular formula is C9H20N2O. The first-order valence-corrected chi connectivity index (χ1v) is 4.89. The Kier molecular flexibility index (Phi) is 3.98. The maximum absolute atomic E-state index is 9.51. The van der Waals surface area contributed by atoms with Crippen LogP contribution in [0.4, 0.5) is 0 Å². The number of rotatable bonds is 3. The predicted octanol–water partition coefficient (Wildman–Crippen LogP) is 0.0842. The van der Waals surface area contributed by atoms with E-state index in [1.54, 1.807) is 0 Å². The highest BCUT2D eigenvalue weighted by Gasteiger charge is 2.24. The van der Waals surface area contributed by atoms with Crippen molar-refractivity contribution in [2.75, 3.05) is 13.1 Å². The minimum Gasteiger partial charge on any atom is -0.390 e. The largest absolute Gasteiger partial charge is 0.390 e. The minimum absolute atomic E-state index is 0.230. The van der Waals surface area contributed by atoms with E-state index >= 15 is 0 Å². The lowest BCUT2D eigenvalue weighted by molar-refractivity contribution is 0.104. The van der Waals surface area contributed by atoms with E-state index in [1.165, 1.54) is 12.8 Å². The molecule has 0 radical (unpaired) electrons. The number of nitrogens with one attached hydrogen (secondary N) is 1. The molecule has 3 atom stereocenters. The summed E-state index contributed by atoms with van der Waals surface area (Å²) in [4.78, 5) is 0. The first kappa shape index (κ1) is 9.96. The third-order valence-corrected chi connectivity index (χ3v) is 2.83. The lowest BCUT2D eigenvalue weighted by atomic mass is 9.88. The van der Waals surface area contributed by atoms with Crippen LogP contribution < -0.4 is 11.1 Å². The summed E-state index contributed by atoms with van der Waals surface area (Å²) >= 11 is 0. The first-order chi connectivity index (χ1) is 5.77. The van der Waals surface area contributed by atoms with Gasteiger partial charge in [-0.1, -0.05) is 13.3 Å². The van der Waals surface area contributed by atoms with Crippen molar-refractivity contribution in [1.29, 1.82) is 0 Å². The molecule has 3 unspecified atom stereocenters. The van der Waals surface area contributed by atoms with E-state index in [9.17, 15) is 5.11 Å². The summed E-state index contributed by atoms with van der Waals surface area (Å²) in [5.41, 5.74) is 5.40. The van der Waals surface area contributed by atoms with Crippen molar-refractivity contribution in [2.45, 2.75) is 38.3 Å². The molecule has 0 aliphatic carbocycles. The van der Waals surface area contributed by atoms with Crippen molar-refractivity contribution in [3.63, 3.8) is 0 Å². The normalized spacial score (nSPS) is 33.2. The fourth-order valence-corrected chi connectivity index (χ4v) is 1.86. The van der Waals surface area contributed by atoms with Crippen LogP contribution in [-0.2, 0) is 0 Å². The number of piperidine rings is 1. The van der Waals surface area contributed by atoms with Crippen LogP contribution in [0.2, 0.25) is 0 Å². The zero-order chi connectivity index (χ0) is 8.97. The summed E-state index contributed by atoms with van der Waals surface area (Å²) in [5.74, 6) is 0.775. The monoisotopic (exact) mass is 172 g/mol. The molecule has 1 rings (SSSR count). The standard InChI is InChI=1S/C9H20N2O/c1-2-7-3-4-11-8(5-7)9(12)6-10/h7-9,11-12H,2-6,10H2,1H3. The smallest absolute Gasteiger partial charge is 0.0815 e. The van der Waals surface area contributed by atoms with Crippen LogP contribution in [0.15, 0.2) is 0 Å². The van der Waals surface area contributed by atoms with Crippen LogP contribution in [-0.4, -0.2) is 30.3 Å². The zero-order valence-electron chi connectivity index (χ0n) is 7.79. The molecule has 0 bridgehead atoms. The molecule has 0 saturated carbocycles. The molecule has 1 saturated heterocycles. The van der Waals surface area contributed by atoms with Crippen LogP contribution in [0.5, 0.6) is 0 Å². The van der Waals surface area contributed by atoms with Gasteiger partial charge in [0.15, 0.2) is 0 Å². The van der Waals surface area contributed by atoms with Gasteiger partial charge in [0, 0.05) is 12.6 Å².